The van der Waals surface area contributed by atoms with Gasteiger partial charge in [-0.1, -0.05) is 0 Å². The molecule has 1 atom stereocenters. The largest absolute Gasteiger partial charge is 0.383 e. The summed E-state index contributed by atoms with van der Waals surface area (Å²) in [5.41, 5.74) is 7.57. The highest BCUT2D eigenvalue weighted by atomic mass is 32.1. The molecule has 20 heavy (non-hydrogen) atoms. The van der Waals surface area contributed by atoms with Crippen molar-refractivity contribution in [3.05, 3.63) is 16.3 Å². The number of rotatable bonds is 1. The van der Waals surface area contributed by atoms with Crippen molar-refractivity contribution in [2.24, 2.45) is 0 Å². The molecule has 1 aliphatic carbocycles. The number of nitrogens with two attached hydrogens (primary N) is 1. The van der Waals surface area contributed by atoms with Crippen LogP contribution in [0.1, 0.15) is 35.2 Å². The minimum atomic E-state index is -0.186. The van der Waals surface area contributed by atoms with Crippen LogP contribution in [0.4, 0.5) is 5.82 Å². The van der Waals surface area contributed by atoms with Gasteiger partial charge in [0, 0.05) is 4.88 Å². The highest BCUT2D eigenvalue weighted by Gasteiger charge is 2.24. The summed E-state index contributed by atoms with van der Waals surface area (Å²) in [5.74, 6) is 1.26. The lowest BCUT2D eigenvalue weighted by molar-refractivity contribution is -0.0933. The van der Waals surface area contributed by atoms with E-state index in [1.54, 1.807) is 11.3 Å². The van der Waals surface area contributed by atoms with Crippen LogP contribution in [0.15, 0.2) is 0 Å². The molecule has 1 fully saturated rings. The molecule has 4 rings (SSSR count). The first-order valence-electron chi connectivity index (χ1n) is 7.10. The Morgan fingerprint density at radius 1 is 1.15 bits per heavy atom. The molecule has 1 unspecified atom stereocenters. The molecule has 0 amide bonds. The van der Waals surface area contributed by atoms with Gasteiger partial charge in [0.05, 0.1) is 25.2 Å². The van der Waals surface area contributed by atoms with E-state index in [1.807, 2.05) is 0 Å². The SMILES string of the molecule is Nc1nc(C2COCCO2)nc2sc3c(c12)CCCC3. The predicted octanol–water partition coefficient (Wildman–Crippen LogP) is 2.24. The van der Waals surface area contributed by atoms with E-state index in [1.165, 1.54) is 23.3 Å². The minimum absolute atomic E-state index is 0.186. The quantitative estimate of drug-likeness (QED) is 0.872. The van der Waals surface area contributed by atoms with Crippen molar-refractivity contribution in [2.45, 2.75) is 31.8 Å². The van der Waals surface area contributed by atoms with E-state index in [0.29, 0.717) is 31.5 Å². The Morgan fingerprint density at radius 3 is 2.90 bits per heavy atom. The van der Waals surface area contributed by atoms with Crippen molar-refractivity contribution in [3.8, 4) is 0 Å². The van der Waals surface area contributed by atoms with Gasteiger partial charge in [-0.15, -0.1) is 11.3 Å². The second kappa shape index (κ2) is 4.95. The monoisotopic (exact) mass is 291 g/mol. The van der Waals surface area contributed by atoms with Crippen LogP contribution in [0.3, 0.4) is 0 Å². The van der Waals surface area contributed by atoms with Gasteiger partial charge in [0.2, 0.25) is 0 Å². The lowest BCUT2D eigenvalue weighted by Crippen LogP contribution is -2.23. The summed E-state index contributed by atoms with van der Waals surface area (Å²) in [6.07, 6.45) is 4.56. The first kappa shape index (κ1) is 12.5. The molecule has 0 radical (unpaired) electrons. The molecule has 0 bridgehead atoms. The molecule has 2 N–H and O–H groups in total. The Morgan fingerprint density at radius 2 is 2.05 bits per heavy atom. The van der Waals surface area contributed by atoms with Gasteiger partial charge in [-0.25, -0.2) is 9.97 Å². The van der Waals surface area contributed by atoms with Crippen molar-refractivity contribution in [1.29, 1.82) is 0 Å². The van der Waals surface area contributed by atoms with Gasteiger partial charge in [0.15, 0.2) is 5.82 Å². The molecule has 2 aliphatic rings. The summed E-state index contributed by atoms with van der Waals surface area (Å²) in [6, 6.07) is 0. The summed E-state index contributed by atoms with van der Waals surface area (Å²) >= 11 is 1.76. The number of nitrogen functional groups attached to an aromatic ring is 1. The van der Waals surface area contributed by atoms with Gasteiger partial charge in [0.1, 0.15) is 16.8 Å². The van der Waals surface area contributed by atoms with Crippen molar-refractivity contribution >= 4 is 27.4 Å². The third-order valence-electron chi connectivity index (χ3n) is 3.96. The van der Waals surface area contributed by atoms with Crippen molar-refractivity contribution < 1.29 is 9.47 Å². The fourth-order valence-electron chi connectivity index (χ4n) is 2.98. The van der Waals surface area contributed by atoms with Crippen molar-refractivity contribution in [3.63, 3.8) is 0 Å². The predicted molar refractivity (Wildman–Crippen MR) is 78.0 cm³/mol. The Hall–Kier alpha value is -1.24. The Labute approximate surface area is 121 Å². The lowest BCUT2D eigenvalue weighted by atomic mass is 9.97. The summed E-state index contributed by atoms with van der Waals surface area (Å²) < 4.78 is 11.1. The standard InChI is InChI=1S/C14H17N3O2S/c15-12-11-8-3-1-2-4-10(8)20-14(11)17-13(16-12)9-7-18-5-6-19-9/h9H,1-7H2,(H2,15,16,17). The molecular formula is C14H17N3O2S. The number of anilines is 1. The fourth-order valence-corrected chi connectivity index (χ4v) is 4.26. The van der Waals surface area contributed by atoms with Gasteiger partial charge >= 0.3 is 0 Å². The van der Waals surface area contributed by atoms with Crippen LogP contribution in [0.5, 0.6) is 0 Å². The number of nitrogens with zero attached hydrogens (tertiary/aromatic N) is 2. The summed E-state index contributed by atoms with van der Waals surface area (Å²) in [6.45, 7) is 1.74. The maximum absolute atomic E-state index is 6.19. The highest BCUT2D eigenvalue weighted by molar-refractivity contribution is 7.19. The van der Waals surface area contributed by atoms with Crippen LogP contribution in [-0.4, -0.2) is 29.8 Å². The maximum Gasteiger partial charge on any atom is 0.163 e. The molecule has 6 heteroatoms. The Bertz CT molecular complexity index is 649. The zero-order valence-electron chi connectivity index (χ0n) is 11.2. The van der Waals surface area contributed by atoms with Gasteiger partial charge in [-0.3, -0.25) is 0 Å². The van der Waals surface area contributed by atoms with Crippen molar-refractivity contribution in [2.75, 3.05) is 25.6 Å². The zero-order chi connectivity index (χ0) is 13.5. The Balaban J connectivity index is 1.81. The smallest absolute Gasteiger partial charge is 0.163 e. The van der Waals surface area contributed by atoms with Crippen molar-refractivity contribution in [1.82, 2.24) is 9.97 Å². The first-order valence-corrected chi connectivity index (χ1v) is 7.91. The second-order valence-electron chi connectivity index (χ2n) is 5.29. The number of hydrogen-bond donors (Lipinski definition) is 1. The zero-order valence-corrected chi connectivity index (χ0v) is 12.0. The van der Waals surface area contributed by atoms with Gasteiger partial charge in [0.25, 0.3) is 0 Å². The third kappa shape index (κ3) is 1.99. The van der Waals surface area contributed by atoms with E-state index in [0.717, 1.165) is 23.1 Å². The topological polar surface area (TPSA) is 70.3 Å². The fraction of sp³-hybridized carbons (Fsp3) is 0.571. The van der Waals surface area contributed by atoms with Crippen LogP contribution in [0.25, 0.3) is 10.2 Å². The average molecular weight is 291 g/mol. The second-order valence-corrected chi connectivity index (χ2v) is 6.38. The third-order valence-corrected chi connectivity index (χ3v) is 5.15. The molecule has 3 heterocycles. The van der Waals surface area contributed by atoms with Crippen LogP contribution in [-0.2, 0) is 22.3 Å². The van der Waals surface area contributed by atoms with E-state index in [9.17, 15) is 0 Å². The van der Waals surface area contributed by atoms with E-state index >= 15 is 0 Å². The number of thiophene rings is 1. The molecule has 1 aliphatic heterocycles. The van der Waals surface area contributed by atoms with E-state index in [4.69, 9.17) is 15.2 Å². The number of aromatic nitrogens is 2. The molecular weight excluding hydrogens is 274 g/mol. The normalized spacial score (nSPS) is 22.9. The lowest BCUT2D eigenvalue weighted by Gasteiger charge is -2.21. The van der Waals surface area contributed by atoms with Gasteiger partial charge in [-0.2, -0.15) is 0 Å². The number of hydrogen-bond acceptors (Lipinski definition) is 6. The van der Waals surface area contributed by atoms with Crippen LogP contribution in [0, 0.1) is 0 Å². The first-order chi connectivity index (χ1) is 9.83. The molecule has 106 valence electrons. The Kier molecular flexibility index (Phi) is 3.09. The minimum Gasteiger partial charge on any atom is -0.383 e. The van der Waals surface area contributed by atoms with Gasteiger partial charge < -0.3 is 15.2 Å². The molecule has 0 aromatic carbocycles. The van der Waals surface area contributed by atoms with Crippen LogP contribution in [0.2, 0.25) is 0 Å². The molecule has 5 nitrogen and oxygen atoms in total. The molecule has 1 saturated heterocycles. The average Bonchev–Trinajstić information content (AvgIpc) is 2.87. The number of fused-ring (bicyclic) bond motifs is 3. The van der Waals surface area contributed by atoms with Gasteiger partial charge in [-0.05, 0) is 31.2 Å². The number of ether oxygens (including phenoxy) is 2. The van der Waals surface area contributed by atoms with Crippen LogP contribution >= 0.6 is 11.3 Å². The summed E-state index contributed by atoms with van der Waals surface area (Å²) in [7, 11) is 0. The highest BCUT2D eigenvalue weighted by Crippen LogP contribution is 2.38. The number of aryl methyl sites for hydroxylation is 2. The van der Waals surface area contributed by atoms with Crippen LogP contribution < -0.4 is 5.73 Å². The van der Waals surface area contributed by atoms with E-state index < -0.39 is 0 Å². The molecule has 2 aromatic rings. The van der Waals surface area contributed by atoms with E-state index in [2.05, 4.69) is 9.97 Å². The summed E-state index contributed by atoms with van der Waals surface area (Å²) in [5, 5.41) is 1.07. The molecule has 2 aromatic heterocycles. The summed E-state index contributed by atoms with van der Waals surface area (Å²) in [4.78, 5) is 11.6. The van der Waals surface area contributed by atoms with E-state index in [-0.39, 0.29) is 6.10 Å². The molecule has 0 spiro atoms. The molecule has 0 saturated carbocycles. The maximum atomic E-state index is 6.19.